The monoisotopic (exact) mass is 243 g/mol. The highest BCUT2D eigenvalue weighted by atomic mass is 19.1. The second kappa shape index (κ2) is 6.55. The summed E-state index contributed by atoms with van der Waals surface area (Å²) in [6, 6.07) is 2.61. The molecule has 0 saturated heterocycles. The number of rotatable bonds is 6. The van der Waals surface area contributed by atoms with Crippen molar-refractivity contribution in [3.05, 3.63) is 29.3 Å². The lowest BCUT2D eigenvalue weighted by Crippen LogP contribution is -2.13. The quantitative estimate of drug-likeness (QED) is 0.829. The molecule has 0 radical (unpaired) electrons. The lowest BCUT2D eigenvalue weighted by molar-refractivity contribution is 0.247. The summed E-state index contributed by atoms with van der Waals surface area (Å²) in [5, 5.41) is 3.01. The molecule has 0 amide bonds. The van der Waals surface area contributed by atoms with Crippen molar-refractivity contribution in [1.82, 2.24) is 5.32 Å². The van der Waals surface area contributed by atoms with E-state index in [0.29, 0.717) is 18.7 Å². The lowest BCUT2D eigenvalue weighted by Gasteiger charge is -2.12. The van der Waals surface area contributed by atoms with Gasteiger partial charge in [-0.1, -0.05) is 20.8 Å². The van der Waals surface area contributed by atoms with Crippen LogP contribution in [0.25, 0.3) is 0 Å². The van der Waals surface area contributed by atoms with Gasteiger partial charge in [-0.25, -0.2) is 8.78 Å². The molecule has 17 heavy (non-hydrogen) atoms. The first-order valence-electron chi connectivity index (χ1n) is 5.86. The maximum absolute atomic E-state index is 13.6. The van der Waals surface area contributed by atoms with Crippen LogP contribution in [0.15, 0.2) is 12.1 Å². The van der Waals surface area contributed by atoms with Crippen LogP contribution in [-0.2, 0) is 6.54 Å². The number of hydrogen-bond acceptors (Lipinski definition) is 2. The predicted molar refractivity (Wildman–Crippen MR) is 64.1 cm³/mol. The summed E-state index contributed by atoms with van der Waals surface area (Å²) < 4.78 is 32.3. The van der Waals surface area contributed by atoms with E-state index in [0.717, 1.165) is 6.54 Å². The molecule has 0 aliphatic carbocycles. The van der Waals surface area contributed by atoms with Crippen molar-refractivity contribution < 1.29 is 13.5 Å². The lowest BCUT2D eigenvalue weighted by atomic mass is 10.2. The molecule has 0 saturated carbocycles. The van der Waals surface area contributed by atoms with E-state index in [-0.39, 0.29) is 11.7 Å². The highest BCUT2D eigenvalue weighted by molar-refractivity contribution is 5.31. The average Bonchev–Trinajstić information content (AvgIpc) is 2.24. The molecule has 0 spiro atoms. The summed E-state index contributed by atoms with van der Waals surface area (Å²) in [4.78, 5) is 0. The number of halogens is 2. The maximum atomic E-state index is 13.6. The van der Waals surface area contributed by atoms with Gasteiger partial charge in [0, 0.05) is 6.54 Å². The van der Waals surface area contributed by atoms with Crippen molar-refractivity contribution in [2.75, 3.05) is 13.2 Å². The third-order valence-electron chi connectivity index (χ3n) is 2.20. The molecule has 1 N–H and O–H groups in total. The minimum atomic E-state index is -0.640. The van der Waals surface area contributed by atoms with E-state index in [1.165, 1.54) is 12.1 Å². The first-order valence-corrected chi connectivity index (χ1v) is 5.86. The van der Waals surface area contributed by atoms with E-state index < -0.39 is 11.6 Å². The molecule has 0 aliphatic heterocycles. The Morgan fingerprint density at radius 1 is 1.24 bits per heavy atom. The molecule has 0 atom stereocenters. The van der Waals surface area contributed by atoms with E-state index in [1.807, 2.05) is 20.8 Å². The molecular formula is C13H19F2NO. The van der Waals surface area contributed by atoms with Crippen molar-refractivity contribution >= 4 is 0 Å². The molecule has 0 aromatic heterocycles. The van der Waals surface area contributed by atoms with Crippen LogP contribution in [-0.4, -0.2) is 13.2 Å². The van der Waals surface area contributed by atoms with Gasteiger partial charge in [0.25, 0.3) is 0 Å². The normalized spacial score (nSPS) is 10.9. The van der Waals surface area contributed by atoms with Crippen LogP contribution >= 0.6 is 0 Å². The van der Waals surface area contributed by atoms with Gasteiger partial charge in [-0.3, -0.25) is 0 Å². The van der Waals surface area contributed by atoms with Crippen LogP contribution in [0, 0.1) is 17.6 Å². The predicted octanol–water partition coefficient (Wildman–Crippen LogP) is 3.11. The van der Waals surface area contributed by atoms with Gasteiger partial charge in [0.1, 0.15) is 0 Å². The fraction of sp³-hybridized carbons (Fsp3) is 0.538. The Kier molecular flexibility index (Phi) is 5.35. The van der Waals surface area contributed by atoms with Crippen LogP contribution < -0.4 is 10.1 Å². The molecule has 4 heteroatoms. The number of ether oxygens (including phenoxy) is 1. The molecule has 96 valence electrons. The SMILES string of the molecule is CCNCc1cc(F)c(OCC(C)C)c(F)c1. The van der Waals surface area contributed by atoms with Crippen LogP contribution in [0.1, 0.15) is 26.3 Å². The van der Waals surface area contributed by atoms with Gasteiger partial charge in [0.15, 0.2) is 17.4 Å². The fourth-order valence-electron chi connectivity index (χ4n) is 1.37. The minimum Gasteiger partial charge on any atom is -0.487 e. The first-order chi connectivity index (χ1) is 8.04. The van der Waals surface area contributed by atoms with Crippen molar-refractivity contribution in [2.24, 2.45) is 5.92 Å². The fourth-order valence-corrected chi connectivity index (χ4v) is 1.37. The van der Waals surface area contributed by atoms with Crippen LogP contribution in [0.4, 0.5) is 8.78 Å². The first kappa shape index (κ1) is 13.9. The van der Waals surface area contributed by atoms with Gasteiger partial charge in [-0.15, -0.1) is 0 Å². The molecule has 0 fully saturated rings. The summed E-state index contributed by atoms with van der Waals surface area (Å²) in [6.07, 6.45) is 0. The van der Waals surface area contributed by atoms with E-state index in [1.54, 1.807) is 0 Å². The smallest absolute Gasteiger partial charge is 0.190 e. The Balaban J connectivity index is 2.79. The Bertz CT molecular complexity index is 343. The maximum Gasteiger partial charge on any atom is 0.190 e. The number of benzene rings is 1. The molecule has 0 heterocycles. The Morgan fingerprint density at radius 2 is 1.82 bits per heavy atom. The minimum absolute atomic E-state index is 0.232. The standard InChI is InChI=1S/C13H19F2NO/c1-4-16-7-10-5-11(14)13(12(15)6-10)17-8-9(2)3/h5-6,9,16H,4,7-8H2,1-3H3. The van der Waals surface area contributed by atoms with Crippen LogP contribution in [0.3, 0.4) is 0 Å². The highest BCUT2D eigenvalue weighted by Crippen LogP contribution is 2.23. The van der Waals surface area contributed by atoms with Crippen molar-refractivity contribution in [3.63, 3.8) is 0 Å². The Labute approximate surface area is 101 Å². The second-order valence-electron chi connectivity index (χ2n) is 4.37. The van der Waals surface area contributed by atoms with Crippen LogP contribution in [0.5, 0.6) is 5.75 Å². The molecule has 1 rings (SSSR count). The molecule has 0 unspecified atom stereocenters. The third-order valence-corrected chi connectivity index (χ3v) is 2.20. The van der Waals surface area contributed by atoms with Gasteiger partial charge in [-0.05, 0) is 30.2 Å². The van der Waals surface area contributed by atoms with E-state index in [2.05, 4.69) is 5.32 Å². The summed E-state index contributed by atoms with van der Waals surface area (Å²) in [5.41, 5.74) is 0.582. The van der Waals surface area contributed by atoms with Crippen molar-refractivity contribution in [2.45, 2.75) is 27.3 Å². The summed E-state index contributed by atoms with van der Waals surface area (Å²) in [6.45, 7) is 7.31. The van der Waals surface area contributed by atoms with Crippen molar-refractivity contribution in [1.29, 1.82) is 0 Å². The zero-order chi connectivity index (χ0) is 12.8. The molecule has 0 bridgehead atoms. The zero-order valence-electron chi connectivity index (χ0n) is 10.5. The zero-order valence-corrected chi connectivity index (χ0v) is 10.5. The summed E-state index contributed by atoms with van der Waals surface area (Å²) >= 11 is 0. The molecule has 1 aromatic carbocycles. The summed E-state index contributed by atoms with van der Waals surface area (Å²) in [7, 11) is 0. The van der Waals surface area contributed by atoms with Gasteiger partial charge < -0.3 is 10.1 Å². The van der Waals surface area contributed by atoms with E-state index >= 15 is 0 Å². The van der Waals surface area contributed by atoms with E-state index in [9.17, 15) is 8.78 Å². The molecule has 2 nitrogen and oxygen atoms in total. The topological polar surface area (TPSA) is 21.3 Å². The van der Waals surface area contributed by atoms with Gasteiger partial charge in [0.2, 0.25) is 0 Å². The second-order valence-corrected chi connectivity index (χ2v) is 4.37. The van der Waals surface area contributed by atoms with Gasteiger partial charge in [-0.2, -0.15) is 0 Å². The summed E-state index contributed by atoms with van der Waals surface area (Å²) in [5.74, 6) is -1.33. The Morgan fingerprint density at radius 3 is 2.29 bits per heavy atom. The largest absolute Gasteiger partial charge is 0.487 e. The van der Waals surface area contributed by atoms with Crippen molar-refractivity contribution in [3.8, 4) is 5.75 Å². The molecule has 0 aliphatic rings. The molecule has 1 aromatic rings. The molecular weight excluding hydrogens is 224 g/mol. The average molecular weight is 243 g/mol. The van der Waals surface area contributed by atoms with E-state index in [4.69, 9.17) is 4.74 Å². The third kappa shape index (κ3) is 4.30. The Hall–Kier alpha value is -1.16. The number of hydrogen-bond donors (Lipinski definition) is 1. The number of nitrogens with one attached hydrogen (secondary N) is 1. The van der Waals surface area contributed by atoms with Crippen LogP contribution in [0.2, 0.25) is 0 Å². The highest BCUT2D eigenvalue weighted by Gasteiger charge is 2.13. The van der Waals surface area contributed by atoms with Gasteiger partial charge in [0.05, 0.1) is 6.61 Å². The van der Waals surface area contributed by atoms with Gasteiger partial charge >= 0.3 is 0 Å².